The summed E-state index contributed by atoms with van der Waals surface area (Å²) in [6.45, 7) is 6.53. The molecule has 5 nitrogen and oxygen atoms in total. The van der Waals surface area contributed by atoms with Crippen molar-refractivity contribution in [2.24, 2.45) is 5.73 Å². The van der Waals surface area contributed by atoms with Crippen LogP contribution in [0.2, 0.25) is 5.28 Å². The van der Waals surface area contributed by atoms with E-state index in [4.69, 9.17) is 21.8 Å². The molecule has 0 aliphatic carbocycles. The van der Waals surface area contributed by atoms with Crippen LogP contribution in [-0.2, 0) is 13.0 Å². The van der Waals surface area contributed by atoms with E-state index in [0.29, 0.717) is 6.54 Å². The fourth-order valence-corrected chi connectivity index (χ4v) is 3.99. The van der Waals surface area contributed by atoms with E-state index < -0.39 is 0 Å². The van der Waals surface area contributed by atoms with Crippen LogP contribution in [0.3, 0.4) is 0 Å². The maximum absolute atomic E-state index is 6.09. The van der Waals surface area contributed by atoms with Crippen LogP contribution in [0.4, 0.5) is 5.82 Å². The minimum atomic E-state index is 0.104. The summed E-state index contributed by atoms with van der Waals surface area (Å²) < 4.78 is 6.58. The standard InChI is InChI=1S/C16H19ClN4OS/c1-8(18)6-12-10(3)13-14(23-12)15(21-16(17)20-13)19-7-11-5-4-9(2)22-11/h4-5,8H,6-7,18H2,1-3H3,(H,19,20,21). The van der Waals surface area contributed by atoms with Gasteiger partial charge in [-0.1, -0.05) is 0 Å². The van der Waals surface area contributed by atoms with Crippen LogP contribution in [-0.4, -0.2) is 16.0 Å². The van der Waals surface area contributed by atoms with Crippen LogP contribution < -0.4 is 11.1 Å². The van der Waals surface area contributed by atoms with E-state index in [2.05, 4.69) is 22.2 Å². The average Bonchev–Trinajstić information content (AvgIpc) is 3.02. The molecule has 1 atom stereocenters. The molecular weight excluding hydrogens is 332 g/mol. The first-order chi connectivity index (χ1) is 10.9. The molecule has 0 aliphatic heterocycles. The molecule has 0 saturated carbocycles. The second-order valence-electron chi connectivity index (χ2n) is 5.72. The van der Waals surface area contributed by atoms with Crippen molar-refractivity contribution in [1.82, 2.24) is 9.97 Å². The lowest BCUT2D eigenvalue weighted by molar-refractivity contribution is 0.490. The third-order valence-corrected chi connectivity index (χ3v) is 5.05. The van der Waals surface area contributed by atoms with Crippen molar-refractivity contribution in [3.05, 3.63) is 39.4 Å². The smallest absolute Gasteiger partial charge is 0.224 e. The second-order valence-corrected chi connectivity index (χ2v) is 7.16. The molecule has 0 spiro atoms. The van der Waals surface area contributed by atoms with Gasteiger partial charge in [-0.25, -0.2) is 4.98 Å². The Morgan fingerprint density at radius 1 is 1.35 bits per heavy atom. The van der Waals surface area contributed by atoms with Gasteiger partial charge in [-0.15, -0.1) is 11.3 Å². The van der Waals surface area contributed by atoms with Gasteiger partial charge in [0.15, 0.2) is 0 Å². The summed E-state index contributed by atoms with van der Waals surface area (Å²) >= 11 is 7.76. The Morgan fingerprint density at radius 2 is 2.13 bits per heavy atom. The fraction of sp³-hybridized carbons (Fsp3) is 0.375. The number of rotatable bonds is 5. The highest BCUT2D eigenvalue weighted by Crippen LogP contribution is 2.35. The quantitative estimate of drug-likeness (QED) is 0.678. The Morgan fingerprint density at radius 3 is 2.78 bits per heavy atom. The van der Waals surface area contributed by atoms with Gasteiger partial charge in [0.2, 0.25) is 5.28 Å². The summed E-state index contributed by atoms with van der Waals surface area (Å²) in [4.78, 5) is 9.95. The molecule has 0 aromatic carbocycles. The van der Waals surface area contributed by atoms with Gasteiger partial charge in [0, 0.05) is 10.9 Å². The zero-order valence-electron chi connectivity index (χ0n) is 13.3. The molecule has 1 unspecified atom stereocenters. The van der Waals surface area contributed by atoms with Crippen LogP contribution in [0.15, 0.2) is 16.5 Å². The average molecular weight is 351 g/mol. The van der Waals surface area contributed by atoms with Crippen molar-refractivity contribution in [3.63, 3.8) is 0 Å². The molecule has 3 heterocycles. The Labute approximate surface area is 143 Å². The molecule has 3 aromatic heterocycles. The minimum absolute atomic E-state index is 0.104. The Kier molecular flexibility index (Phi) is 4.57. The van der Waals surface area contributed by atoms with Crippen molar-refractivity contribution in [3.8, 4) is 0 Å². The van der Waals surface area contributed by atoms with E-state index in [9.17, 15) is 0 Å². The fourth-order valence-electron chi connectivity index (χ4n) is 2.46. The predicted octanol–water partition coefficient (Wildman–Crippen LogP) is 4.06. The van der Waals surface area contributed by atoms with Crippen molar-refractivity contribution in [1.29, 1.82) is 0 Å². The van der Waals surface area contributed by atoms with Crippen LogP contribution in [0.1, 0.15) is 28.9 Å². The van der Waals surface area contributed by atoms with Crippen molar-refractivity contribution >= 4 is 39.0 Å². The number of hydrogen-bond acceptors (Lipinski definition) is 6. The van der Waals surface area contributed by atoms with Gasteiger partial charge < -0.3 is 15.5 Å². The highest BCUT2D eigenvalue weighted by atomic mass is 35.5. The van der Waals surface area contributed by atoms with Gasteiger partial charge >= 0.3 is 0 Å². The molecule has 3 N–H and O–H groups in total. The van der Waals surface area contributed by atoms with E-state index in [-0.39, 0.29) is 11.3 Å². The maximum Gasteiger partial charge on any atom is 0.224 e. The van der Waals surface area contributed by atoms with E-state index in [1.165, 1.54) is 4.88 Å². The lowest BCUT2D eigenvalue weighted by Crippen LogP contribution is -2.17. The number of aromatic nitrogens is 2. The number of nitrogens with one attached hydrogen (secondary N) is 1. The number of hydrogen-bond donors (Lipinski definition) is 2. The second kappa shape index (κ2) is 6.47. The van der Waals surface area contributed by atoms with Gasteiger partial charge in [0.1, 0.15) is 17.3 Å². The zero-order valence-corrected chi connectivity index (χ0v) is 14.9. The summed E-state index contributed by atoms with van der Waals surface area (Å²) in [5, 5.41) is 3.54. The van der Waals surface area contributed by atoms with E-state index in [0.717, 1.165) is 39.5 Å². The number of halogens is 1. The van der Waals surface area contributed by atoms with Gasteiger partial charge in [-0.3, -0.25) is 0 Å². The number of anilines is 1. The molecule has 0 bridgehead atoms. The first-order valence-electron chi connectivity index (χ1n) is 7.44. The van der Waals surface area contributed by atoms with Gasteiger partial charge in [0.25, 0.3) is 0 Å². The van der Waals surface area contributed by atoms with Gasteiger partial charge in [-0.2, -0.15) is 4.98 Å². The Balaban J connectivity index is 1.95. The van der Waals surface area contributed by atoms with Crippen LogP contribution in [0, 0.1) is 13.8 Å². The third kappa shape index (κ3) is 3.49. The molecule has 7 heteroatoms. The number of thiophene rings is 1. The maximum atomic E-state index is 6.09. The van der Waals surface area contributed by atoms with E-state index >= 15 is 0 Å². The van der Waals surface area contributed by atoms with Gasteiger partial charge in [0.05, 0.1) is 16.8 Å². The SMILES string of the molecule is Cc1ccc(CNc2nc(Cl)nc3c(C)c(CC(C)N)sc23)o1. The molecule has 3 aromatic rings. The molecule has 3 rings (SSSR count). The first-order valence-corrected chi connectivity index (χ1v) is 8.63. The lowest BCUT2D eigenvalue weighted by atomic mass is 10.1. The summed E-state index contributed by atoms with van der Waals surface area (Å²) in [7, 11) is 0. The molecule has 0 aliphatic rings. The number of aryl methyl sites for hydroxylation is 2. The van der Waals surface area contributed by atoms with E-state index in [1.807, 2.05) is 26.0 Å². The molecule has 23 heavy (non-hydrogen) atoms. The Hall–Kier alpha value is -1.63. The summed E-state index contributed by atoms with van der Waals surface area (Å²) in [5.41, 5.74) is 7.96. The highest BCUT2D eigenvalue weighted by molar-refractivity contribution is 7.19. The molecular formula is C16H19ClN4OS. The number of fused-ring (bicyclic) bond motifs is 1. The normalized spacial score (nSPS) is 12.7. The minimum Gasteiger partial charge on any atom is -0.465 e. The van der Waals surface area contributed by atoms with Crippen LogP contribution >= 0.6 is 22.9 Å². The molecule has 0 saturated heterocycles. The highest BCUT2D eigenvalue weighted by Gasteiger charge is 2.16. The Bertz CT molecular complexity index is 840. The van der Waals surface area contributed by atoms with Crippen LogP contribution in [0.5, 0.6) is 0 Å². The summed E-state index contributed by atoms with van der Waals surface area (Å²) in [5.74, 6) is 2.48. The largest absolute Gasteiger partial charge is 0.465 e. The summed E-state index contributed by atoms with van der Waals surface area (Å²) in [6.07, 6.45) is 0.821. The van der Waals surface area contributed by atoms with Crippen LogP contribution in [0.25, 0.3) is 10.2 Å². The monoisotopic (exact) mass is 350 g/mol. The van der Waals surface area contributed by atoms with Crippen molar-refractivity contribution in [2.75, 3.05) is 5.32 Å². The molecule has 0 amide bonds. The van der Waals surface area contributed by atoms with Gasteiger partial charge in [-0.05, 0) is 56.5 Å². The first kappa shape index (κ1) is 16.2. The van der Waals surface area contributed by atoms with E-state index in [1.54, 1.807) is 11.3 Å². The molecule has 0 radical (unpaired) electrons. The summed E-state index contributed by atoms with van der Waals surface area (Å²) in [6, 6.07) is 3.99. The van der Waals surface area contributed by atoms with Crippen molar-refractivity contribution < 1.29 is 4.42 Å². The molecule has 122 valence electrons. The lowest BCUT2D eigenvalue weighted by Gasteiger charge is -2.05. The zero-order chi connectivity index (χ0) is 16.6. The predicted molar refractivity (Wildman–Crippen MR) is 95.3 cm³/mol. The third-order valence-electron chi connectivity index (χ3n) is 3.57. The number of furan rings is 1. The topological polar surface area (TPSA) is 77.0 Å². The number of nitrogens with two attached hydrogens (primary N) is 1. The number of nitrogens with zero attached hydrogens (tertiary/aromatic N) is 2. The van der Waals surface area contributed by atoms with Crippen molar-refractivity contribution in [2.45, 2.75) is 39.8 Å². The molecule has 0 fully saturated rings.